The Kier molecular flexibility index (Phi) is 4.99. The summed E-state index contributed by atoms with van der Waals surface area (Å²) in [7, 11) is -4.06. The van der Waals surface area contributed by atoms with Crippen LogP contribution in [0.5, 0.6) is 0 Å². The second-order valence-electron chi connectivity index (χ2n) is 4.49. The molecule has 1 aromatic carbocycles. The van der Waals surface area contributed by atoms with Crippen molar-refractivity contribution in [3.05, 3.63) is 34.6 Å². The van der Waals surface area contributed by atoms with Gasteiger partial charge < -0.3 is 16.6 Å². The number of sulfonamides is 1. The summed E-state index contributed by atoms with van der Waals surface area (Å²) < 4.78 is 26.5. The molecule has 2 aromatic rings. The Morgan fingerprint density at radius 3 is 2.46 bits per heavy atom. The average molecular weight is 371 g/mol. The number of hydrogen-bond acceptors (Lipinski definition) is 8. The number of hydrogen-bond donors (Lipinski definition) is 5. The molecule has 0 amide bonds. The topological polar surface area (TPSA) is 181 Å². The predicted octanol–water partition coefficient (Wildman–Crippen LogP) is -0.0882. The van der Waals surface area contributed by atoms with E-state index in [1.165, 1.54) is 24.3 Å². The molecule has 0 radical (unpaired) electrons. The van der Waals surface area contributed by atoms with Gasteiger partial charge in [-0.25, -0.2) is 13.4 Å². The third-order valence-electron chi connectivity index (χ3n) is 2.68. The van der Waals surface area contributed by atoms with Gasteiger partial charge in [-0.3, -0.25) is 19.3 Å². The number of carboxylic acid groups (broad SMARTS) is 1. The summed E-state index contributed by atoms with van der Waals surface area (Å²) in [5, 5.41) is 8.56. The second kappa shape index (κ2) is 6.80. The maximum absolute atomic E-state index is 12.2. The van der Waals surface area contributed by atoms with E-state index in [0.717, 1.165) is 11.8 Å². The standard InChI is InChI=1S/C12H13N5O5S2/c13-6-1-3-7(4-2-6)24(21,22)17-9-10(14)15-12(16-11(9)20)23-5-8(18)19/h1-4,17H,5,13H2,(H,18,19)(H3,14,15,16,20). The summed E-state index contributed by atoms with van der Waals surface area (Å²) >= 11 is 0.744. The van der Waals surface area contributed by atoms with E-state index in [4.69, 9.17) is 16.6 Å². The molecule has 7 N–H and O–H groups in total. The first-order valence-corrected chi connectivity index (χ1v) is 8.78. The van der Waals surface area contributed by atoms with Gasteiger partial charge in [0.2, 0.25) is 0 Å². The number of nitrogens with two attached hydrogens (primary N) is 2. The van der Waals surface area contributed by atoms with Gasteiger partial charge in [0.25, 0.3) is 15.6 Å². The van der Waals surface area contributed by atoms with E-state index < -0.39 is 27.2 Å². The van der Waals surface area contributed by atoms with E-state index in [1.807, 2.05) is 0 Å². The van der Waals surface area contributed by atoms with Crippen molar-refractivity contribution in [2.24, 2.45) is 0 Å². The molecule has 0 aliphatic rings. The monoisotopic (exact) mass is 371 g/mol. The van der Waals surface area contributed by atoms with Crippen LogP contribution >= 0.6 is 11.8 Å². The fourth-order valence-electron chi connectivity index (χ4n) is 1.61. The Hall–Kier alpha value is -2.73. The van der Waals surface area contributed by atoms with Crippen LogP contribution in [0, 0.1) is 0 Å². The Bertz CT molecular complexity index is 924. The number of carboxylic acids is 1. The molecular weight excluding hydrogens is 358 g/mol. The number of anilines is 3. The molecule has 0 fully saturated rings. The minimum absolute atomic E-state index is 0.0321. The number of nitrogens with zero attached hydrogens (tertiary/aromatic N) is 1. The molecule has 0 saturated carbocycles. The van der Waals surface area contributed by atoms with Crippen LogP contribution < -0.4 is 21.7 Å². The summed E-state index contributed by atoms with van der Waals surface area (Å²) in [5.74, 6) is -1.81. The number of rotatable bonds is 6. The van der Waals surface area contributed by atoms with Crippen LogP contribution in [0.4, 0.5) is 17.2 Å². The smallest absolute Gasteiger partial charge is 0.313 e. The first kappa shape index (κ1) is 17.6. The lowest BCUT2D eigenvalue weighted by molar-refractivity contribution is -0.133. The molecule has 24 heavy (non-hydrogen) atoms. The number of carbonyl (C=O) groups is 1. The third kappa shape index (κ3) is 4.17. The maximum atomic E-state index is 12.2. The number of aromatic nitrogens is 2. The maximum Gasteiger partial charge on any atom is 0.313 e. The Labute approximate surface area is 140 Å². The largest absolute Gasteiger partial charge is 0.481 e. The van der Waals surface area contributed by atoms with Crippen molar-refractivity contribution in [1.29, 1.82) is 0 Å². The Morgan fingerprint density at radius 2 is 1.92 bits per heavy atom. The zero-order valence-corrected chi connectivity index (χ0v) is 13.6. The molecular formula is C12H13N5O5S2. The van der Waals surface area contributed by atoms with Crippen LogP contribution in [-0.4, -0.2) is 35.2 Å². The molecule has 0 bridgehead atoms. The molecule has 12 heteroatoms. The van der Waals surface area contributed by atoms with E-state index >= 15 is 0 Å². The van der Waals surface area contributed by atoms with Gasteiger partial charge in [-0.1, -0.05) is 11.8 Å². The molecule has 2 rings (SSSR count). The molecule has 0 aliphatic heterocycles. The Morgan fingerprint density at radius 1 is 1.29 bits per heavy atom. The lowest BCUT2D eigenvalue weighted by Gasteiger charge is -2.10. The van der Waals surface area contributed by atoms with Crippen molar-refractivity contribution < 1.29 is 18.3 Å². The normalized spacial score (nSPS) is 11.2. The van der Waals surface area contributed by atoms with Crippen LogP contribution in [0.15, 0.2) is 39.1 Å². The minimum Gasteiger partial charge on any atom is -0.481 e. The lowest BCUT2D eigenvalue weighted by atomic mass is 10.3. The fourth-order valence-corrected chi connectivity index (χ4v) is 3.27. The highest BCUT2D eigenvalue weighted by Crippen LogP contribution is 2.20. The highest BCUT2D eigenvalue weighted by Gasteiger charge is 2.19. The van der Waals surface area contributed by atoms with Crippen molar-refractivity contribution in [2.75, 3.05) is 21.9 Å². The minimum atomic E-state index is -4.06. The quantitative estimate of drug-likeness (QED) is 0.263. The average Bonchev–Trinajstić information content (AvgIpc) is 2.49. The number of benzene rings is 1. The highest BCUT2D eigenvalue weighted by atomic mass is 32.2. The van der Waals surface area contributed by atoms with Gasteiger partial charge in [0, 0.05) is 5.69 Å². The van der Waals surface area contributed by atoms with Crippen molar-refractivity contribution in [3.63, 3.8) is 0 Å². The van der Waals surface area contributed by atoms with Gasteiger partial charge in [0.15, 0.2) is 16.7 Å². The van der Waals surface area contributed by atoms with E-state index in [2.05, 4.69) is 14.7 Å². The molecule has 0 atom stereocenters. The summed E-state index contributed by atoms with van der Waals surface area (Å²) in [6.45, 7) is 0. The molecule has 0 unspecified atom stereocenters. The van der Waals surface area contributed by atoms with Crippen LogP contribution in [0.2, 0.25) is 0 Å². The SMILES string of the molecule is Nc1ccc(S(=O)(=O)Nc2c(N)nc(SCC(=O)O)[nH]c2=O)cc1. The van der Waals surface area contributed by atoms with Gasteiger partial charge >= 0.3 is 5.97 Å². The van der Waals surface area contributed by atoms with E-state index in [9.17, 15) is 18.0 Å². The zero-order chi connectivity index (χ0) is 17.9. The number of nitrogens with one attached hydrogen (secondary N) is 2. The fraction of sp³-hybridized carbons (Fsp3) is 0.0833. The van der Waals surface area contributed by atoms with Gasteiger partial charge in [0.05, 0.1) is 10.6 Å². The summed E-state index contributed by atoms with van der Waals surface area (Å²) in [4.78, 5) is 28.4. The molecule has 0 aliphatic carbocycles. The van der Waals surface area contributed by atoms with Crippen molar-refractivity contribution >= 4 is 44.9 Å². The van der Waals surface area contributed by atoms with Crippen molar-refractivity contribution in [2.45, 2.75) is 10.1 Å². The first-order valence-electron chi connectivity index (χ1n) is 6.32. The number of aliphatic carboxylic acids is 1. The molecule has 10 nitrogen and oxygen atoms in total. The van der Waals surface area contributed by atoms with Crippen LogP contribution in [-0.2, 0) is 14.8 Å². The summed E-state index contributed by atoms with van der Waals surface area (Å²) in [5.41, 5.74) is 10.2. The third-order valence-corrected chi connectivity index (χ3v) is 4.91. The second-order valence-corrected chi connectivity index (χ2v) is 7.13. The van der Waals surface area contributed by atoms with Gasteiger partial charge in [-0.05, 0) is 24.3 Å². The molecule has 0 saturated heterocycles. The van der Waals surface area contributed by atoms with Crippen LogP contribution in [0.3, 0.4) is 0 Å². The number of thioether (sulfide) groups is 1. The molecule has 128 valence electrons. The van der Waals surface area contributed by atoms with Crippen molar-refractivity contribution in [3.8, 4) is 0 Å². The number of aromatic amines is 1. The number of H-pyrrole nitrogens is 1. The van der Waals surface area contributed by atoms with E-state index in [1.54, 1.807) is 0 Å². The Balaban J connectivity index is 2.31. The van der Waals surface area contributed by atoms with Crippen LogP contribution in [0.25, 0.3) is 0 Å². The zero-order valence-electron chi connectivity index (χ0n) is 12.0. The van der Waals surface area contributed by atoms with Gasteiger partial charge in [-0.15, -0.1) is 0 Å². The highest BCUT2D eigenvalue weighted by molar-refractivity contribution is 7.99. The first-order chi connectivity index (χ1) is 11.2. The summed E-state index contributed by atoms with van der Waals surface area (Å²) in [6, 6.07) is 5.33. The number of nitrogen functional groups attached to an aromatic ring is 2. The van der Waals surface area contributed by atoms with Gasteiger partial charge in [0.1, 0.15) is 0 Å². The van der Waals surface area contributed by atoms with E-state index in [0.29, 0.717) is 5.69 Å². The van der Waals surface area contributed by atoms with Crippen molar-refractivity contribution in [1.82, 2.24) is 9.97 Å². The molecule has 0 spiro atoms. The van der Waals surface area contributed by atoms with Gasteiger partial charge in [-0.2, -0.15) is 0 Å². The van der Waals surface area contributed by atoms with Crippen LogP contribution in [0.1, 0.15) is 0 Å². The lowest BCUT2D eigenvalue weighted by Crippen LogP contribution is -2.23. The molecule has 1 aromatic heterocycles. The molecule has 1 heterocycles. The predicted molar refractivity (Wildman–Crippen MR) is 89.3 cm³/mol. The summed E-state index contributed by atoms with van der Waals surface area (Å²) in [6.07, 6.45) is 0. The van der Waals surface area contributed by atoms with E-state index in [-0.39, 0.29) is 21.6 Å².